The quantitative estimate of drug-likeness (QED) is 0.311. The number of rotatable bonds is 11. The molecule has 0 aliphatic heterocycles. The Morgan fingerprint density at radius 1 is 0.679 bits per heavy atom. The summed E-state index contributed by atoms with van der Waals surface area (Å²) in [6, 6.07) is 0. The molecule has 0 nitrogen and oxygen atoms in total. The summed E-state index contributed by atoms with van der Waals surface area (Å²) >= 11 is 0. The van der Waals surface area contributed by atoms with Crippen LogP contribution in [0.3, 0.4) is 0 Å². The van der Waals surface area contributed by atoms with Gasteiger partial charge in [-0.1, -0.05) is 89.5 Å². The molecule has 0 bridgehead atoms. The predicted molar refractivity (Wildman–Crippen MR) is 131 cm³/mol. The predicted octanol–water partition coefficient (Wildman–Crippen LogP) is 9.47. The maximum Gasteiger partial charge on any atom is -0.0104 e. The molecule has 0 heterocycles. The molecule has 0 aliphatic rings. The van der Waals surface area contributed by atoms with Gasteiger partial charge in [-0.05, 0) is 68.1 Å². The van der Waals surface area contributed by atoms with Gasteiger partial charge >= 0.3 is 0 Å². The molecule has 0 aromatic carbocycles. The monoisotopic (exact) mass is 384 g/mol. The molecule has 2 unspecified atom stereocenters. The lowest BCUT2D eigenvalue weighted by molar-refractivity contribution is 0.249. The van der Waals surface area contributed by atoms with Crippen LogP contribution in [0.1, 0.15) is 94.9 Å². The standard InChI is InChI=1S/C28H48/c1-14-27(12,19-23(5)17-25(7,8)9)21-28(13,15-2)20-24(6)18-26(10,11)16-22(3)4/h14-15,17-18H,1-3,16,19-21H2,4-13H3/b23-17+,24-18+. The van der Waals surface area contributed by atoms with Crippen molar-refractivity contribution in [1.29, 1.82) is 0 Å². The molecule has 0 radical (unpaired) electrons. The second-order valence-electron chi connectivity index (χ2n) is 11.7. The second kappa shape index (κ2) is 9.95. The molecule has 0 amide bonds. The van der Waals surface area contributed by atoms with E-state index in [1.807, 2.05) is 0 Å². The highest BCUT2D eigenvalue weighted by molar-refractivity contribution is 5.16. The third-order valence-electron chi connectivity index (χ3n) is 5.23. The summed E-state index contributed by atoms with van der Waals surface area (Å²) in [7, 11) is 0. The molecule has 0 fully saturated rings. The molecule has 0 saturated carbocycles. The van der Waals surface area contributed by atoms with Crippen molar-refractivity contribution < 1.29 is 0 Å². The Kier molecular flexibility index (Phi) is 9.49. The van der Waals surface area contributed by atoms with Crippen molar-refractivity contribution in [3.05, 3.63) is 60.8 Å². The van der Waals surface area contributed by atoms with Crippen molar-refractivity contribution in [1.82, 2.24) is 0 Å². The molecule has 2 atom stereocenters. The SMILES string of the molecule is C=CC(C)(C/C(C)=C/C(C)(C)C)CC(C)(C=C)C/C(C)=C/C(C)(C)CC(=C)C. The summed E-state index contributed by atoms with van der Waals surface area (Å²) in [4.78, 5) is 0. The van der Waals surface area contributed by atoms with E-state index in [2.05, 4.69) is 113 Å². The molecule has 160 valence electrons. The van der Waals surface area contributed by atoms with Gasteiger partial charge in [0.25, 0.3) is 0 Å². The van der Waals surface area contributed by atoms with E-state index in [4.69, 9.17) is 0 Å². The summed E-state index contributed by atoms with van der Waals surface area (Å²) in [6.07, 6.45) is 13.3. The third-order valence-corrected chi connectivity index (χ3v) is 5.23. The highest BCUT2D eigenvalue weighted by Crippen LogP contribution is 2.44. The Morgan fingerprint density at radius 2 is 1.07 bits per heavy atom. The van der Waals surface area contributed by atoms with E-state index in [0.717, 1.165) is 25.7 Å². The molecule has 0 spiro atoms. The summed E-state index contributed by atoms with van der Waals surface area (Å²) in [5.74, 6) is 0. The number of allylic oxidation sites excluding steroid dienone is 7. The van der Waals surface area contributed by atoms with Gasteiger partial charge in [-0.3, -0.25) is 0 Å². The molecule has 0 saturated heterocycles. The van der Waals surface area contributed by atoms with Crippen LogP contribution < -0.4 is 0 Å². The van der Waals surface area contributed by atoms with E-state index in [9.17, 15) is 0 Å². The Labute approximate surface area is 177 Å². The van der Waals surface area contributed by atoms with Gasteiger partial charge < -0.3 is 0 Å². The minimum absolute atomic E-state index is 0.0465. The van der Waals surface area contributed by atoms with Crippen LogP contribution >= 0.6 is 0 Å². The summed E-state index contributed by atoms with van der Waals surface area (Å²) < 4.78 is 0. The van der Waals surface area contributed by atoms with Crippen LogP contribution in [0.25, 0.3) is 0 Å². The zero-order chi connectivity index (χ0) is 22.4. The van der Waals surface area contributed by atoms with E-state index in [1.54, 1.807) is 0 Å². The molecular weight excluding hydrogens is 336 g/mol. The fourth-order valence-electron chi connectivity index (χ4n) is 4.95. The van der Waals surface area contributed by atoms with Crippen molar-refractivity contribution in [2.75, 3.05) is 0 Å². The topological polar surface area (TPSA) is 0 Å². The third kappa shape index (κ3) is 10.9. The van der Waals surface area contributed by atoms with E-state index >= 15 is 0 Å². The van der Waals surface area contributed by atoms with Crippen molar-refractivity contribution in [3.63, 3.8) is 0 Å². The lowest BCUT2D eigenvalue weighted by atomic mass is 9.67. The first-order valence-electron chi connectivity index (χ1n) is 10.7. The van der Waals surface area contributed by atoms with Gasteiger partial charge in [0, 0.05) is 0 Å². The molecule has 0 N–H and O–H groups in total. The smallest absolute Gasteiger partial charge is 0.0104 e. The number of hydrogen-bond acceptors (Lipinski definition) is 0. The molecular formula is C28H48. The summed E-state index contributed by atoms with van der Waals surface area (Å²) in [5.41, 5.74) is 4.57. The van der Waals surface area contributed by atoms with Gasteiger partial charge in [-0.25, -0.2) is 0 Å². The lowest BCUT2D eigenvalue weighted by Gasteiger charge is -2.37. The van der Waals surface area contributed by atoms with E-state index in [-0.39, 0.29) is 21.7 Å². The molecule has 0 heteroatoms. The fraction of sp³-hybridized carbons (Fsp3) is 0.643. The zero-order valence-electron chi connectivity index (χ0n) is 20.8. The molecule has 0 aliphatic carbocycles. The van der Waals surface area contributed by atoms with Gasteiger partial charge in [0.05, 0.1) is 0 Å². The Balaban J connectivity index is 5.50. The maximum absolute atomic E-state index is 4.20. The van der Waals surface area contributed by atoms with Crippen LogP contribution in [0.4, 0.5) is 0 Å². The van der Waals surface area contributed by atoms with Gasteiger partial charge in [-0.2, -0.15) is 0 Å². The lowest BCUT2D eigenvalue weighted by Crippen LogP contribution is -2.26. The average molecular weight is 385 g/mol. The van der Waals surface area contributed by atoms with Gasteiger partial charge in [-0.15, -0.1) is 19.7 Å². The molecule has 0 rings (SSSR count). The van der Waals surface area contributed by atoms with Crippen molar-refractivity contribution in [2.45, 2.75) is 94.9 Å². The summed E-state index contributed by atoms with van der Waals surface area (Å²) in [6.45, 7) is 35.2. The summed E-state index contributed by atoms with van der Waals surface area (Å²) in [5, 5.41) is 0. The van der Waals surface area contributed by atoms with Crippen molar-refractivity contribution in [2.24, 2.45) is 21.7 Å². The highest BCUT2D eigenvalue weighted by atomic mass is 14.4. The van der Waals surface area contributed by atoms with E-state index in [0.29, 0.717) is 0 Å². The Bertz CT molecular complexity index is 617. The largest absolute Gasteiger partial charge is 0.103 e. The second-order valence-corrected chi connectivity index (χ2v) is 11.7. The van der Waals surface area contributed by atoms with Crippen LogP contribution in [0.2, 0.25) is 0 Å². The van der Waals surface area contributed by atoms with E-state index in [1.165, 1.54) is 16.7 Å². The maximum atomic E-state index is 4.20. The van der Waals surface area contributed by atoms with Crippen LogP contribution in [-0.4, -0.2) is 0 Å². The first kappa shape index (κ1) is 26.7. The van der Waals surface area contributed by atoms with Crippen LogP contribution in [0.5, 0.6) is 0 Å². The highest BCUT2D eigenvalue weighted by Gasteiger charge is 2.32. The van der Waals surface area contributed by atoms with Crippen LogP contribution in [0, 0.1) is 21.7 Å². The van der Waals surface area contributed by atoms with Gasteiger partial charge in [0.1, 0.15) is 0 Å². The fourth-order valence-corrected chi connectivity index (χ4v) is 4.95. The van der Waals surface area contributed by atoms with Gasteiger partial charge in [0.2, 0.25) is 0 Å². The normalized spacial score (nSPS) is 18.2. The van der Waals surface area contributed by atoms with Crippen molar-refractivity contribution in [3.8, 4) is 0 Å². The van der Waals surface area contributed by atoms with Crippen molar-refractivity contribution >= 4 is 0 Å². The zero-order valence-corrected chi connectivity index (χ0v) is 20.8. The van der Waals surface area contributed by atoms with Crippen LogP contribution in [-0.2, 0) is 0 Å². The van der Waals surface area contributed by atoms with Crippen LogP contribution in [0.15, 0.2) is 60.8 Å². The molecule has 0 aromatic rings. The van der Waals surface area contributed by atoms with E-state index < -0.39 is 0 Å². The minimum atomic E-state index is 0.0465. The molecule has 28 heavy (non-hydrogen) atoms. The first-order chi connectivity index (χ1) is 12.4. The molecule has 0 aromatic heterocycles. The Hall–Kier alpha value is -1.30. The minimum Gasteiger partial charge on any atom is -0.103 e. The Morgan fingerprint density at radius 3 is 1.39 bits per heavy atom. The first-order valence-corrected chi connectivity index (χ1v) is 10.7. The van der Waals surface area contributed by atoms with Gasteiger partial charge in [0.15, 0.2) is 0 Å². The number of hydrogen-bond donors (Lipinski definition) is 0. The average Bonchev–Trinajstić information content (AvgIpc) is 2.42.